The SMILES string of the molecule is Cc1cc(C)cc(C(=O)N(C2CCCCC2)[C@@H](Cc2ccccc2)C(=O)N[C@@H](Cc2c[nH]c3ccccc23)C(=O)O)c1. The van der Waals surface area contributed by atoms with E-state index in [1.165, 1.54) is 0 Å². The van der Waals surface area contributed by atoms with Gasteiger partial charge < -0.3 is 20.3 Å². The number of nitrogens with zero attached hydrogens (tertiary/aromatic N) is 1. The number of nitrogens with one attached hydrogen (secondary N) is 2. The van der Waals surface area contributed by atoms with Gasteiger partial charge in [0.15, 0.2) is 0 Å². The van der Waals surface area contributed by atoms with Gasteiger partial charge in [-0.3, -0.25) is 9.59 Å². The summed E-state index contributed by atoms with van der Waals surface area (Å²) < 4.78 is 0. The first kappa shape index (κ1) is 29.1. The molecule has 2 amide bonds. The van der Waals surface area contributed by atoms with Crippen molar-refractivity contribution in [1.82, 2.24) is 15.2 Å². The van der Waals surface area contributed by atoms with E-state index in [9.17, 15) is 19.5 Å². The van der Waals surface area contributed by atoms with Crippen LogP contribution in [-0.4, -0.2) is 50.9 Å². The number of carboxylic acids is 1. The fraction of sp³-hybridized carbons (Fsp3) is 0.343. The molecule has 0 saturated heterocycles. The van der Waals surface area contributed by atoms with Crippen molar-refractivity contribution in [3.63, 3.8) is 0 Å². The maximum Gasteiger partial charge on any atom is 0.326 e. The highest BCUT2D eigenvalue weighted by atomic mass is 16.4. The Hall–Kier alpha value is -4.39. The minimum atomic E-state index is -1.15. The molecule has 42 heavy (non-hydrogen) atoms. The largest absolute Gasteiger partial charge is 0.480 e. The first-order chi connectivity index (χ1) is 20.3. The van der Waals surface area contributed by atoms with E-state index in [0.29, 0.717) is 12.0 Å². The maximum atomic E-state index is 14.3. The lowest BCUT2D eigenvalue weighted by Crippen LogP contribution is -2.57. The van der Waals surface area contributed by atoms with Crippen molar-refractivity contribution < 1.29 is 19.5 Å². The number of aliphatic carboxylic acids is 1. The zero-order valence-electron chi connectivity index (χ0n) is 24.3. The van der Waals surface area contributed by atoms with E-state index in [4.69, 9.17) is 0 Å². The number of fused-ring (bicyclic) bond motifs is 1. The van der Waals surface area contributed by atoms with Gasteiger partial charge in [0.05, 0.1) is 0 Å². The quantitative estimate of drug-likeness (QED) is 0.220. The highest BCUT2D eigenvalue weighted by Crippen LogP contribution is 2.28. The van der Waals surface area contributed by atoms with Crippen molar-refractivity contribution in [1.29, 1.82) is 0 Å². The predicted octanol–water partition coefficient (Wildman–Crippen LogP) is 5.98. The van der Waals surface area contributed by atoms with Gasteiger partial charge in [0.1, 0.15) is 12.1 Å². The van der Waals surface area contributed by atoms with Gasteiger partial charge in [0.2, 0.25) is 5.91 Å². The summed E-state index contributed by atoms with van der Waals surface area (Å²) in [6.45, 7) is 3.93. The molecule has 1 aliphatic rings. The summed E-state index contributed by atoms with van der Waals surface area (Å²) in [6, 6.07) is 21.0. The number of H-pyrrole nitrogens is 1. The van der Waals surface area contributed by atoms with Crippen molar-refractivity contribution >= 4 is 28.7 Å². The van der Waals surface area contributed by atoms with Gasteiger partial charge >= 0.3 is 5.97 Å². The third-order valence-electron chi connectivity index (χ3n) is 8.30. The summed E-state index contributed by atoms with van der Waals surface area (Å²) >= 11 is 0. The zero-order chi connectivity index (χ0) is 29.6. The van der Waals surface area contributed by atoms with E-state index in [2.05, 4.69) is 10.3 Å². The van der Waals surface area contributed by atoms with Crippen LogP contribution in [-0.2, 0) is 22.4 Å². The molecule has 7 heteroatoms. The van der Waals surface area contributed by atoms with Gasteiger partial charge in [-0.2, -0.15) is 0 Å². The van der Waals surface area contributed by atoms with Gasteiger partial charge in [0, 0.05) is 41.5 Å². The number of carbonyl (C=O) groups is 3. The van der Waals surface area contributed by atoms with Crippen LogP contribution in [0.1, 0.15) is 64.7 Å². The van der Waals surface area contributed by atoms with Crippen LogP contribution in [0.5, 0.6) is 0 Å². The second kappa shape index (κ2) is 13.1. The van der Waals surface area contributed by atoms with Crippen LogP contribution in [0.4, 0.5) is 0 Å². The zero-order valence-corrected chi connectivity index (χ0v) is 24.3. The fourth-order valence-electron chi connectivity index (χ4n) is 6.31. The van der Waals surface area contributed by atoms with Crippen molar-refractivity contribution in [3.8, 4) is 0 Å². The summed E-state index contributed by atoms with van der Waals surface area (Å²) in [5, 5.41) is 14.0. The highest BCUT2D eigenvalue weighted by molar-refractivity contribution is 5.99. The van der Waals surface area contributed by atoms with Crippen LogP contribution in [0.25, 0.3) is 10.9 Å². The Kier molecular flexibility index (Phi) is 9.06. The van der Waals surface area contributed by atoms with Gasteiger partial charge in [0.25, 0.3) is 5.91 Å². The summed E-state index contributed by atoms with van der Waals surface area (Å²) in [7, 11) is 0. The lowest BCUT2D eigenvalue weighted by atomic mass is 9.90. The smallest absolute Gasteiger partial charge is 0.326 e. The van der Waals surface area contributed by atoms with E-state index >= 15 is 0 Å². The average Bonchev–Trinajstić information content (AvgIpc) is 3.39. The number of carboxylic acid groups (broad SMARTS) is 1. The third-order valence-corrected chi connectivity index (χ3v) is 8.30. The number of hydrogen-bond acceptors (Lipinski definition) is 3. The molecule has 1 fully saturated rings. The van der Waals surface area contributed by atoms with E-state index in [1.54, 1.807) is 11.1 Å². The van der Waals surface area contributed by atoms with Gasteiger partial charge in [-0.1, -0.05) is 85.0 Å². The van der Waals surface area contributed by atoms with E-state index < -0.39 is 24.0 Å². The number of para-hydroxylation sites is 1. The second-order valence-electron chi connectivity index (χ2n) is 11.5. The Morgan fingerprint density at radius 1 is 0.905 bits per heavy atom. The molecule has 1 heterocycles. The van der Waals surface area contributed by atoms with Crippen LogP contribution >= 0.6 is 0 Å². The Balaban J connectivity index is 1.50. The minimum absolute atomic E-state index is 0.108. The van der Waals surface area contributed by atoms with Gasteiger partial charge in [-0.15, -0.1) is 0 Å². The van der Waals surface area contributed by atoms with E-state index in [1.807, 2.05) is 86.6 Å². The topological polar surface area (TPSA) is 103 Å². The normalized spacial score (nSPS) is 15.2. The molecule has 1 aliphatic carbocycles. The Labute approximate surface area is 246 Å². The number of aromatic amines is 1. The second-order valence-corrected chi connectivity index (χ2v) is 11.5. The molecule has 3 aromatic carbocycles. The first-order valence-corrected chi connectivity index (χ1v) is 14.8. The fourth-order valence-corrected chi connectivity index (χ4v) is 6.31. The molecule has 4 aromatic rings. The number of rotatable bonds is 10. The summed E-state index contributed by atoms with van der Waals surface area (Å²) in [6.07, 6.45) is 6.91. The molecule has 0 unspecified atom stereocenters. The summed E-state index contributed by atoms with van der Waals surface area (Å²) in [5.41, 5.74) is 5.15. The Bertz CT molecular complexity index is 1530. The number of carbonyl (C=O) groups excluding carboxylic acids is 2. The van der Waals surface area contributed by atoms with Crippen LogP contribution in [0.15, 0.2) is 79.0 Å². The molecule has 7 nitrogen and oxygen atoms in total. The number of hydrogen-bond donors (Lipinski definition) is 3. The molecular formula is C35H39N3O4. The lowest BCUT2D eigenvalue weighted by Gasteiger charge is -2.40. The molecule has 0 spiro atoms. The monoisotopic (exact) mass is 565 g/mol. The number of amides is 2. The predicted molar refractivity (Wildman–Crippen MR) is 164 cm³/mol. The molecule has 2 atom stereocenters. The van der Waals surface area contributed by atoms with Crippen molar-refractivity contribution in [2.24, 2.45) is 0 Å². The Morgan fingerprint density at radius 3 is 2.26 bits per heavy atom. The molecule has 3 N–H and O–H groups in total. The molecule has 0 radical (unpaired) electrons. The van der Waals surface area contributed by atoms with Gasteiger partial charge in [-0.25, -0.2) is 4.79 Å². The van der Waals surface area contributed by atoms with Crippen LogP contribution in [0.2, 0.25) is 0 Å². The summed E-state index contributed by atoms with van der Waals surface area (Å²) in [4.78, 5) is 46.0. The highest BCUT2D eigenvalue weighted by Gasteiger charge is 2.38. The molecule has 0 aliphatic heterocycles. The van der Waals surface area contributed by atoms with Crippen molar-refractivity contribution in [3.05, 3.63) is 107 Å². The van der Waals surface area contributed by atoms with Gasteiger partial charge in [-0.05, 0) is 56.0 Å². The molecule has 0 bridgehead atoms. The average molecular weight is 566 g/mol. The van der Waals surface area contributed by atoms with Crippen molar-refractivity contribution in [2.75, 3.05) is 0 Å². The van der Waals surface area contributed by atoms with Crippen molar-refractivity contribution in [2.45, 2.75) is 76.9 Å². The number of benzene rings is 3. The molecule has 5 rings (SSSR count). The number of aryl methyl sites for hydroxylation is 2. The van der Waals surface area contributed by atoms with Crippen LogP contribution in [0.3, 0.4) is 0 Å². The Morgan fingerprint density at radius 2 is 1.57 bits per heavy atom. The summed E-state index contributed by atoms with van der Waals surface area (Å²) in [5.74, 6) is -1.75. The number of aromatic nitrogens is 1. The maximum absolute atomic E-state index is 14.3. The third kappa shape index (κ3) is 6.73. The van der Waals surface area contributed by atoms with Crippen LogP contribution < -0.4 is 5.32 Å². The molecular weight excluding hydrogens is 526 g/mol. The molecule has 1 saturated carbocycles. The molecule has 1 aromatic heterocycles. The van der Waals surface area contributed by atoms with E-state index in [-0.39, 0.29) is 18.4 Å². The van der Waals surface area contributed by atoms with Crippen LogP contribution in [0, 0.1) is 13.8 Å². The molecule has 218 valence electrons. The first-order valence-electron chi connectivity index (χ1n) is 14.8. The lowest BCUT2D eigenvalue weighted by molar-refractivity contribution is -0.142. The minimum Gasteiger partial charge on any atom is -0.480 e. The standard InChI is InChI=1S/C35H39N3O4/c1-23-17-24(2)19-26(18-23)34(40)38(28-13-7-4-8-14-28)32(20-25-11-5-3-6-12-25)33(39)37-31(35(41)42)21-27-22-36-30-16-10-9-15-29(27)30/h3,5-6,9-12,15-19,22,28,31-32,36H,4,7-8,13-14,20-21H2,1-2H3,(H,37,39)(H,41,42)/t31-,32-/m0/s1. The van der Waals surface area contributed by atoms with E-state index in [0.717, 1.165) is 65.3 Å².